The maximum atomic E-state index is 13.1. The Balaban J connectivity index is 1.53. The summed E-state index contributed by atoms with van der Waals surface area (Å²) in [5, 5.41) is 10.7. The van der Waals surface area contributed by atoms with Gasteiger partial charge in [0, 0.05) is 38.8 Å². The fourth-order valence-electron chi connectivity index (χ4n) is 7.09. The van der Waals surface area contributed by atoms with Gasteiger partial charge in [0.25, 0.3) is 0 Å². The first-order chi connectivity index (χ1) is 25.1. The van der Waals surface area contributed by atoms with Gasteiger partial charge in [-0.25, -0.2) is 14.8 Å². The van der Waals surface area contributed by atoms with Crippen molar-refractivity contribution in [3.8, 4) is 44.5 Å². The first-order valence-corrected chi connectivity index (χ1v) is 16.8. The number of nitrogens with one attached hydrogen (secondary N) is 2. The molecule has 6 nitrogen and oxygen atoms in total. The van der Waals surface area contributed by atoms with E-state index in [0.29, 0.717) is 22.3 Å². The number of carboxylic acid groups (broad SMARTS) is 1. The van der Waals surface area contributed by atoms with E-state index in [2.05, 4.69) is 46.4 Å². The van der Waals surface area contributed by atoms with Gasteiger partial charge in [0.15, 0.2) is 0 Å². The number of fused-ring (bicyclic) bond motifs is 8. The van der Waals surface area contributed by atoms with Crippen LogP contribution in [0, 0.1) is 0 Å². The van der Waals surface area contributed by atoms with Gasteiger partial charge in [0.05, 0.1) is 33.9 Å². The molecule has 9 rings (SSSR count). The molecule has 0 spiro atoms. The predicted octanol–water partition coefficient (Wildman–Crippen LogP) is 11.0. The van der Waals surface area contributed by atoms with E-state index in [1.807, 2.05) is 121 Å². The van der Waals surface area contributed by atoms with E-state index in [4.69, 9.17) is 9.97 Å². The fraction of sp³-hybridized carbons (Fsp3) is 0. The van der Waals surface area contributed by atoms with Gasteiger partial charge in [-0.3, -0.25) is 0 Å². The highest BCUT2D eigenvalue weighted by Crippen LogP contribution is 2.39. The molecule has 242 valence electrons. The molecule has 51 heavy (non-hydrogen) atoms. The molecule has 4 aromatic carbocycles. The first kappa shape index (κ1) is 30.0. The zero-order valence-electron chi connectivity index (χ0n) is 27.3. The van der Waals surface area contributed by atoms with Crippen LogP contribution in [0.2, 0.25) is 0 Å². The number of carbonyl (C=O) groups is 1. The molecule has 2 aliphatic heterocycles. The van der Waals surface area contributed by atoms with Gasteiger partial charge in [-0.2, -0.15) is 0 Å². The first-order valence-electron chi connectivity index (χ1n) is 16.8. The Morgan fingerprint density at radius 1 is 0.431 bits per heavy atom. The third-order valence-corrected chi connectivity index (χ3v) is 9.35. The number of aromatic carboxylic acids is 1. The van der Waals surface area contributed by atoms with Crippen molar-refractivity contribution in [3.05, 3.63) is 168 Å². The van der Waals surface area contributed by atoms with Crippen LogP contribution in [0.25, 0.3) is 90.9 Å². The summed E-state index contributed by atoms with van der Waals surface area (Å²) < 4.78 is 0. The summed E-state index contributed by atoms with van der Waals surface area (Å²) in [5.74, 6) is -1.04. The Bertz CT molecular complexity index is 2690. The molecule has 0 unspecified atom stereocenters. The second kappa shape index (κ2) is 12.4. The van der Waals surface area contributed by atoms with Crippen LogP contribution in [0.1, 0.15) is 33.1 Å². The average molecular weight is 659 g/mol. The molecule has 0 saturated carbocycles. The van der Waals surface area contributed by atoms with Gasteiger partial charge in [-0.15, -0.1) is 0 Å². The molecule has 3 aromatic heterocycles. The Morgan fingerprint density at radius 2 is 0.784 bits per heavy atom. The van der Waals surface area contributed by atoms with E-state index in [9.17, 15) is 9.90 Å². The molecule has 6 heteroatoms. The quantitative estimate of drug-likeness (QED) is 0.171. The van der Waals surface area contributed by atoms with E-state index < -0.39 is 5.97 Å². The lowest BCUT2D eigenvalue weighted by Crippen LogP contribution is -1.96. The second-order valence-electron chi connectivity index (χ2n) is 12.5. The van der Waals surface area contributed by atoms with Gasteiger partial charge in [0.2, 0.25) is 0 Å². The number of carboxylic acids is 1. The molecule has 0 saturated heterocycles. The average Bonchev–Trinajstić information content (AvgIpc) is 4.00. The highest BCUT2D eigenvalue weighted by molar-refractivity contribution is 6.07. The van der Waals surface area contributed by atoms with Crippen molar-refractivity contribution < 1.29 is 9.90 Å². The van der Waals surface area contributed by atoms with Crippen molar-refractivity contribution in [3.63, 3.8) is 0 Å². The topological polar surface area (TPSA) is 94.7 Å². The molecule has 0 fully saturated rings. The van der Waals surface area contributed by atoms with Crippen LogP contribution >= 0.6 is 0 Å². The molecule has 8 bridgehead atoms. The van der Waals surface area contributed by atoms with Crippen molar-refractivity contribution in [2.45, 2.75) is 0 Å². The minimum Gasteiger partial charge on any atom is -0.478 e. The van der Waals surface area contributed by atoms with Crippen molar-refractivity contribution in [2.24, 2.45) is 0 Å². The molecule has 0 atom stereocenters. The van der Waals surface area contributed by atoms with Crippen LogP contribution in [0.3, 0.4) is 0 Å². The molecule has 0 amide bonds. The third kappa shape index (κ3) is 5.36. The lowest BCUT2D eigenvalue weighted by Gasteiger charge is -2.07. The summed E-state index contributed by atoms with van der Waals surface area (Å²) in [6, 6.07) is 46.2. The van der Waals surface area contributed by atoms with Crippen molar-refractivity contribution in [2.75, 3.05) is 0 Å². The number of hydrogen-bond donors (Lipinski definition) is 3. The number of H-pyrrole nitrogens is 2. The zero-order chi connectivity index (χ0) is 34.3. The standard InChI is InChI=1S/C45H30N4O2/c50-45(51)32-27-39-42(30-17-9-3-10-18-30)37-24-23-35(47-37)40(28-13-5-1-6-14-28)33-21-22-34(46-33)41(29-15-7-2-8-16-29)36-25-26-38(48-36)43(44(32)49-39)31-19-11-4-12-20-31/h1-27,46,49H,(H,50,51). The Morgan fingerprint density at radius 3 is 1.18 bits per heavy atom. The maximum Gasteiger partial charge on any atom is 0.337 e. The van der Waals surface area contributed by atoms with Crippen LogP contribution in [0.4, 0.5) is 0 Å². The molecular formula is C45H30N4O2. The fourth-order valence-corrected chi connectivity index (χ4v) is 7.09. The van der Waals surface area contributed by atoms with Crippen molar-refractivity contribution in [1.82, 2.24) is 19.9 Å². The molecule has 7 aromatic rings. The van der Waals surface area contributed by atoms with Crippen molar-refractivity contribution >= 4 is 52.3 Å². The summed E-state index contributed by atoms with van der Waals surface area (Å²) in [4.78, 5) is 30.9. The number of nitrogens with zero attached hydrogens (tertiary/aromatic N) is 2. The number of aromatic nitrogens is 4. The van der Waals surface area contributed by atoms with E-state index in [-0.39, 0.29) is 5.56 Å². The monoisotopic (exact) mass is 658 g/mol. The SMILES string of the molecule is O=C(O)c1cc2[nH]c1c(-c1ccccc1)c1nc(c(-c3ccccc3)c3ccc([nH]3)c(-c3ccccc3)c3nc(c2-c2ccccc2)C=C3)C=C1. The van der Waals surface area contributed by atoms with Gasteiger partial charge < -0.3 is 15.1 Å². The van der Waals surface area contributed by atoms with Crippen molar-refractivity contribution in [1.29, 1.82) is 0 Å². The third-order valence-electron chi connectivity index (χ3n) is 9.35. The number of benzene rings is 4. The largest absolute Gasteiger partial charge is 0.478 e. The molecular weight excluding hydrogens is 629 g/mol. The minimum atomic E-state index is -1.04. The van der Waals surface area contributed by atoms with Crippen LogP contribution < -0.4 is 0 Å². The molecule has 3 N–H and O–H groups in total. The van der Waals surface area contributed by atoms with E-state index in [0.717, 1.165) is 67.1 Å². The van der Waals surface area contributed by atoms with Crippen LogP contribution in [0.15, 0.2) is 140 Å². The summed E-state index contributed by atoms with van der Waals surface area (Å²) in [7, 11) is 0. The van der Waals surface area contributed by atoms with Gasteiger partial charge >= 0.3 is 5.97 Å². The smallest absolute Gasteiger partial charge is 0.337 e. The second-order valence-corrected chi connectivity index (χ2v) is 12.5. The van der Waals surface area contributed by atoms with Gasteiger partial charge in [-0.05, 0) is 64.8 Å². The summed E-state index contributed by atoms with van der Waals surface area (Å²) in [5.41, 5.74) is 13.2. The Labute approximate surface area is 293 Å². The molecule has 0 radical (unpaired) electrons. The van der Waals surface area contributed by atoms with Gasteiger partial charge in [0.1, 0.15) is 0 Å². The maximum absolute atomic E-state index is 13.1. The highest BCUT2D eigenvalue weighted by atomic mass is 16.4. The number of hydrogen-bond acceptors (Lipinski definition) is 3. The highest BCUT2D eigenvalue weighted by Gasteiger charge is 2.22. The number of rotatable bonds is 5. The number of aromatic amines is 2. The normalized spacial score (nSPS) is 11.9. The van der Waals surface area contributed by atoms with Crippen LogP contribution in [-0.4, -0.2) is 31.0 Å². The summed E-state index contributed by atoms with van der Waals surface area (Å²) in [6.45, 7) is 0. The van der Waals surface area contributed by atoms with Crippen LogP contribution in [0.5, 0.6) is 0 Å². The van der Waals surface area contributed by atoms with Crippen LogP contribution in [-0.2, 0) is 0 Å². The minimum absolute atomic E-state index is 0.148. The summed E-state index contributed by atoms with van der Waals surface area (Å²) >= 11 is 0. The summed E-state index contributed by atoms with van der Waals surface area (Å²) in [6.07, 6.45) is 8.03. The predicted molar refractivity (Wildman–Crippen MR) is 208 cm³/mol. The van der Waals surface area contributed by atoms with Gasteiger partial charge in [-0.1, -0.05) is 121 Å². The molecule has 5 heterocycles. The lowest BCUT2D eigenvalue weighted by molar-refractivity contribution is 0.0699. The Kier molecular flexibility index (Phi) is 7.33. The van der Waals surface area contributed by atoms with E-state index >= 15 is 0 Å². The van der Waals surface area contributed by atoms with E-state index in [1.54, 1.807) is 6.07 Å². The Hall–Kier alpha value is -7.05. The molecule has 2 aliphatic rings. The molecule has 0 aliphatic carbocycles. The zero-order valence-corrected chi connectivity index (χ0v) is 27.3. The lowest BCUT2D eigenvalue weighted by atomic mass is 10.0. The van der Waals surface area contributed by atoms with E-state index in [1.165, 1.54) is 0 Å².